The molecule has 0 aliphatic heterocycles. The number of methoxy groups -OCH3 is 1. The van der Waals surface area contributed by atoms with Crippen molar-refractivity contribution in [2.24, 2.45) is 0 Å². The minimum atomic E-state index is -0.416. The van der Waals surface area contributed by atoms with Gasteiger partial charge < -0.3 is 14.2 Å². The van der Waals surface area contributed by atoms with Gasteiger partial charge in [0.15, 0.2) is 5.65 Å². The monoisotopic (exact) mass is 282 g/mol. The summed E-state index contributed by atoms with van der Waals surface area (Å²) in [5.74, 6) is -0.178. The van der Waals surface area contributed by atoms with Gasteiger partial charge in [-0.1, -0.05) is 18.2 Å². The average Bonchev–Trinajstić information content (AvgIpc) is 2.91. The first-order valence-corrected chi connectivity index (χ1v) is 6.51. The van der Waals surface area contributed by atoms with Crippen LogP contribution in [0.5, 0.6) is 5.75 Å². The first-order valence-electron chi connectivity index (χ1n) is 6.51. The zero-order valence-electron chi connectivity index (χ0n) is 11.5. The molecule has 1 aromatic carbocycles. The molecule has 0 bridgehead atoms. The number of carbonyl (C=O) groups excluding carboxylic acids is 1. The van der Waals surface area contributed by atoms with E-state index >= 15 is 0 Å². The molecule has 0 fully saturated rings. The van der Waals surface area contributed by atoms with E-state index in [1.165, 1.54) is 7.11 Å². The number of benzene rings is 1. The number of phenolic OH excluding ortho intramolecular Hbond substituents is 1. The summed E-state index contributed by atoms with van der Waals surface area (Å²) in [5.41, 5.74) is 2.53. The predicted molar refractivity (Wildman–Crippen MR) is 77.4 cm³/mol. The van der Waals surface area contributed by atoms with Crippen LogP contribution in [0, 0.1) is 0 Å². The molecule has 2 aromatic heterocycles. The average molecular weight is 282 g/mol. The summed E-state index contributed by atoms with van der Waals surface area (Å²) in [5, 5.41) is 9.82. The number of esters is 1. The van der Waals surface area contributed by atoms with Crippen molar-refractivity contribution in [1.29, 1.82) is 0 Å². The number of aromatic nitrogens is 2. The Bertz CT molecular complexity index is 808. The number of fused-ring (bicyclic) bond motifs is 1. The number of nitrogens with zero attached hydrogens (tertiary/aromatic N) is 2. The summed E-state index contributed by atoms with van der Waals surface area (Å²) in [6.45, 7) is 0. The van der Waals surface area contributed by atoms with Crippen molar-refractivity contribution in [1.82, 2.24) is 9.38 Å². The second-order valence-electron chi connectivity index (χ2n) is 4.68. The highest BCUT2D eigenvalue weighted by Crippen LogP contribution is 2.20. The highest BCUT2D eigenvalue weighted by Gasteiger charge is 2.14. The fraction of sp³-hybridized carbons (Fsp3) is 0.125. The fourth-order valence-corrected chi connectivity index (χ4v) is 2.27. The Morgan fingerprint density at radius 1 is 1.29 bits per heavy atom. The molecule has 0 amide bonds. The highest BCUT2D eigenvalue weighted by molar-refractivity contribution is 5.95. The second-order valence-corrected chi connectivity index (χ2v) is 4.68. The summed E-state index contributed by atoms with van der Waals surface area (Å²) < 4.78 is 6.54. The van der Waals surface area contributed by atoms with Crippen molar-refractivity contribution in [2.75, 3.05) is 7.11 Å². The van der Waals surface area contributed by atoms with Crippen molar-refractivity contribution in [3.63, 3.8) is 0 Å². The largest absolute Gasteiger partial charge is 0.508 e. The molecule has 0 saturated heterocycles. The Labute approximate surface area is 121 Å². The molecule has 0 aliphatic carbocycles. The number of para-hydroxylation sites is 1. The zero-order chi connectivity index (χ0) is 14.8. The van der Waals surface area contributed by atoms with E-state index in [2.05, 4.69) is 4.98 Å². The number of carbonyl (C=O) groups is 1. The van der Waals surface area contributed by atoms with Gasteiger partial charge in [0.05, 0.1) is 12.8 Å². The molecule has 106 valence electrons. The molecule has 0 spiro atoms. The topological polar surface area (TPSA) is 63.8 Å². The van der Waals surface area contributed by atoms with Crippen LogP contribution in [0.3, 0.4) is 0 Å². The van der Waals surface area contributed by atoms with Gasteiger partial charge in [-0.25, -0.2) is 9.78 Å². The summed E-state index contributed by atoms with van der Waals surface area (Å²) in [6.07, 6.45) is 4.16. The van der Waals surface area contributed by atoms with Crippen LogP contribution in [0.15, 0.2) is 48.8 Å². The van der Waals surface area contributed by atoms with Crippen LogP contribution in [0.4, 0.5) is 0 Å². The van der Waals surface area contributed by atoms with Gasteiger partial charge in [0.25, 0.3) is 0 Å². The summed E-state index contributed by atoms with van der Waals surface area (Å²) >= 11 is 0. The van der Waals surface area contributed by atoms with Gasteiger partial charge in [0.2, 0.25) is 0 Å². The Kier molecular flexibility index (Phi) is 3.31. The smallest absolute Gasteiger partial charge is 0.341 e. The van der Waals surface area contributed by atoms with Gasteiger partial charge in [-0.3, -0.25) is 0 Å². The van der Waals surface area contributed by atoms with Crippen LogP contribution in [-0.2, 0) is 11.2 Å². The van der Waals surface area contributed by atoms with Gasteiger partial charge >= 0.3 is 5.97 Å². The van der Waals surface area contributed by atoms with Crippen molar-refractivity contribution >= 4 is 11.6 Å². The number of ether oxygens (including phenoxy) is 1. The third kappa shape index (κ3) is 2.45. The van der Waals surface area contributed by atoms with E-state index in [9.17, 15) is 9.90 Å². The molecule has 3 rings (SSSR count). The van der Waals surface area contributed by atoms with Gasteiger partial charge in [-0.05, 0) is 23.8 Å². The van der Waals surface area contributed by atoms with E-state index < -0.39 is 5.97 Å². The first-order chi connectivity index (χ1) is 10.2. The number of hydrogen-bond acceptors (Lipinski definition) is 4. The molecular weight excluding hydrogens is 268 g/mol. The minimum absolute atomic E-state index is 0.239. The van der Waals surface area contributed by atoms with E-state index in [0.717, 1.165) is 11.3 Å². The van der Waals surface area contributed by atoms with Gasteiger partial charge in [0, 0.05) is 18.8 Å². The summed E-state index contributed by atoms with van der Waals surface area (Å²) in [6, 6.07) is 10.6. The molecule has 0 aliphatic rings. The maximum Gasteiger partial charge on any atom is 0.341 e. The molecule has 1 N–H and O–H groups in total. The Balaban J connectivity index is 2.02. The molecule has 3 aromatic rings. The maximum absolute atomic E-state index is 11.7. The quantitative estimate of drug-likeness (QED) is 0.749. The minimum Gasteiger partial charge on any atom is -0.508 e. The van der Waals surface area contributed by atoms with E-state index in [1.807, 2.05) is 24.5 Å². The lowest BCUT2D eigenvalue weighted by Gasteiger charge is -2.01. The lowest BCUT2D eigenvalue weighted by atomic mass is 10.1. The van der Waals surface area contributed by atoms with Crippen LogP contribution in [-0.4, -0.2) is 27.6 Å². The summed E-state index contributed by atoms with van der Waals surface area (Å²) in [4.78, 5) is 16.2. The molecule has 0 saturated carbocycles. The highest BCUT2D eigenvalue weighted by atomic mass is 16.5. The first kappa shape index (κ1) is 13.2. The number of phenols is 1. The molecule has 0 atom stereocenters. The van der Waals surface area contributed by atoms with E-state index in [0.29, 0.717) is 17.6 Å². The molecule has 21 heavy (non-hydrogen) atoms. The standard InChI is InChI=1S/C16H14N2O3/c1-21-16(20)13-6-4-8-18-10-12(17-15(13)18)9-11-5-2-3-7-14(11)19/h2-8,10,19H,9H2,1H3. The number of pyridine rings is 1. The van der Waals surface area contributed by atoms with Crippen molar-refractivity contribution in [3.8, 4) is 5.75 Å². The Morgan fingerprint density at radius 3 is 2.86 bits per heavy atom. The normalized spacial score (nSPS) is 10.7. The lowest BCUT2D eigenvalue weighted by molar-refractivity contribution is 0.0602. The Morgan fingerprint density at radius 2 is 2.10 bits per heavy atom. The number of aromatic hydroxyl groups is 1. The Hall–Kier alpha value is -2.82. The number of imidazole rings is 1. The van der Waals surface area contributed by atoms with E-state index in [4.69, 9.17) is 4.74 Å². The van der Waals surface area contributed by atoms with Crippen molar-refractivity contribution in [2.45, 2.75) is 6.42 Å². The van der Waals surface area contributed by atoms with Gasteiger partial charge in [0.1, 0.15) is 11.3 Å². The lowest BCUT2D eigenvalue weighted by Crippen LogP contribution is -2.03. The van der Waals surface area contributed by atoms with Crippen LogP contribution in [0.1, 0.15) is 21.6 Å². The maximum atomic E-state index is 11.7. The van der Waals surface area contributed by atoms with E-state index in [1.54, 1.807) is 28.7 Å². The van der Waals surface area contributed by atoms with Crippen LogP contribution in [0.25, 0.3) is 5.65 Å². The third-order valence-electron chi connectivity index (χ3n) is 3.30. The molecule has 2 heterocycles. The summed E-state index contributed by atoms with van der Waals surface area (Å²) in [7, 11) is 1.34. The fourth-order valence-electron chi connectivity index (χ4n) is 2.27. The number of rotatable bonds is 3. The van der Waals surface area contributed by atoms with Gasteiger partial charge in [-0.15, -0.1) is 0 Å². The number of hydrogen-bond donors (Lipinski definition) is 1. The van der Waals surface area contributed by atoms with Crippen LogP contribution >= 0.6 is 0 Å². The molecule has 0 unspecified atom stereocenters. The third-order valence-corrected chi connectivity index (χ3v) is 3.30. The zero-order valence-corrected chi connectivity index (χ0v) is 11.5. The van der Waals surface area contributed by atoms with Crippen molar-refractivity contribution in [3.05, 3.63) is 65.6 Å². The molecule has 0 radical (unpaired) electrons. The van der Waals surface area contributed by atoms with E-state index in [-0.39, 0.29) is 5.75 Å². The molecule has 5 heteroatoms. The SMILES string of the molecule is COC(=O)c1cccn2cc(Cc3ccccc3O)nc12. The van der Waals surface area contributed by atoms with Crippen molar-refractivity contribution < 1.29 is 14.6 Å². The van der Waals surface area contributed by atoms with Crippen LogP contribution in [0.2, 0.25) is 0 Å². The molecular formula is C16H14N2O3. The second kappa shape index (κ2) is 5.28. The van der Waals surface area contributed by atoms with Gasteiger partial charge in [-0.2, -0.15) is 0 Å². The predicted octanol–water partition coefficient (Wildman–Crippen LogP) is 2.42. The van der Waals surface area contributed by atoms with Crippen LogP contribution < -0.4 is 0 Å². The molecule has 5 nitrogen and oxygen atoms in total.